The second-order valence-corrected chi connectivity index (χ2v) is 21.3. The van der Waals surface area contributed by atoms with Crippen LogP contribution in [-0.4, -0.2) is 89.2 Å². The lowest BCUT2D eigenvalue weighted by molar-refractivity contribution is -0.301. The molecule has 0 amide bonds. The van der Waals surface area contributed by atoms with Crippen LogP contribution in [0.15, 0.2) is 85.1 Å². The Morgan fingerprint density at radius 1 is 0.430 bits per heavy atom. The molecule has 12 nitrogen and oxygen atoms in total. The SMILES string of the molecule is CC/C=C\C/C=C\C/C=C\CCCCCCCC(=O)OC1C(OCC(COC(=O)CCCCCCCCC/C=C\C/C=C\CCCCC)OC(=O)CCCCCCCCC/C=C\C/C=C\CCCCC)OC(C(=O)O)C(O)C1O. The maximum absolute atomic E-state index is 13.2. The van der Waals surface area contributed by atoms with Crippen molar-refractivity contribution in [3.05, 3.63) is 85.1 Å². The molecule has 0 aromatic carbocycles. The van der Waals surface area contributed by atoms with E-state index < -0.39 is 67.3 Å². The Balaban J connectivity index is 2.69. The Hall–Kier alpha value is -4.10. The van der Waals surface area contributed by atoms with E-state index in [1.165, 1.54) is 70.6 Å². The molecule has 0 saturated carbocycles. The van der Waals surface area contributed by atoms with E-state index in [0.717, 1.165) is 135 Å². The Bertz CT molecular complexity index is 1700. The van der Waals surface area contributed by atoms with Crippen molar-refractivity contribution >= 4 is 23.9 Å². The molecule has 0 aromatic heterocycles. The number of aliphatic hydroxyl groups excluding tert-OH is 2. The smallest absolute Gasteiger partial charge is 0.335 e. The van der Waals surface area contributed by atoms with E-state index in [1.807, 2.05) is 0 Å². The topological polar surface area (TPSA) is 175 Å². The number of carboxylic acids is 1. The van der Waals surface area contributed by atoms with Crippen LogP contribution in [0, 0.1) is 0 Å². The minimum Gasteiger partial charge on any atom is -0.479 e. The highest BCUT2D eigenvalue weighted by Gasteiger charge is 2.50. The van der Waals surface area contributed by atoms with Gasteiger partial charge in [0.05, 0.1) is 6.61 Å². The van der Waals surface area contributed by atoms with E-state index in [0.29, 0.717) is 19.3 Å². The van der Waals surface area contributed by atoms with Crippen LogP contribution < -0.4 is 0 Å². The van der Waals surface area contributed by atoms with Crippen LogP contribution in [0.25, 0.3) is 0 Å². The summed E-state index contributed by atoms with van der Waals surface area (Å²) in [7, 11) is 0. The number of carbonyl (C=O) groups excluding carboxylic acids is 3. The molecule has 1 fully saturated rings. The van der Waals surface area contributed by atoms with Crippen LogP contribution in [0.2, 0.25) is 0 Å². The fourth-order valence-corrected chi connectivity index (χ4v) is 9.09. The molecule has 1 heterocycles. The van der Waals surface area contributed by atoms with Gasteiger partial charge in [0.15, 0.2) is 24.6 Å². The molecule has 1 aliphatic heterocycles. The molecule has 79 heavy (non-hydrogen) atoms. The fraction of sp³-hybridized carbons (Fsp3) is 0.731. The maximum Gasteiger partial charge on any atom is 0.335 e. The summed E-state index contributed by atoms with van der Waals surface area (Å²) < 4.78 is 28.5. The van der Waals surface area contributed by atoms with Gasteiger partial charge in [0.2, 0.25) is 0 Å². The number of esters is 3. The van der Waals surface area contributed by atoms with Crippen LogP contribution in [0.4, 0.5) is 0 Å². The summed E-state index contributed by atoms with van der Waals surface area (Å²) in [4.78, 5) is 51.3. The van der Waals surface area contributed by atoms with Crippen molar-refractivity contribution in [3.8, 4) is 0 Å². The number of unbranched alkanes of at least 4 members (excludes halogenated alkanes) is 25. The molecule has 6 atom stereocenters. The van der Waals surface area contributed by atoms with E-state index >= 15 is 0 Å². The van der Waals surface area contributed by atoms with Gasteiger partial charge in [0.1, 0.15) is 18.8 Å². The number of carboxylic acid groups (broad SMARTS) is 1. The third-order valence-electron chi connectivity index (χ3n) is 13.9. The van der Waals surface area contributed by atoms with Gasteiger partial charge in [-0.1, -0.05) is 215 Å². The lowest BCUT2D eigenvalue weighted by atomic mass is 9.98. The molecule has 0 aromatic rings. The normalized spacial score (nSPS) is 18.4. The number of hydrogen-bond donors (Lipinski definition) is 3. The van der Waals surface area contributed by atoms with Crippen LogP contribution in [0.3, 0.4) is 0 Å². The van der Waals surface area contributed by atoms with E-state index in [1.54, 1.807) is 0 Å². The average molecular weight is 1110 g/mol. The van der Waals surface area contributed by atoms with Gasteiger partial charge in [0, 0.05) is 19.3 Å². The minimum absolute atomic E-state index is 0.0367. The first-order valence-electron chi connectivity index (χ1n) is 31.6. The van der Waals surface area contributed by atoms with Gasteiger partial charge in [0.25, 0.3) is 0 Å². The van der Waals surface area contributed by atoms with Crippen LogP contribution in [-0.2, 0) is 42.9 Å². The molecule has 0 aliphatic carbocycles. The number of carbonyl (C=O) groups is 4. The average Bonchev–Trinajstić information content (AvgIpc) is 3.43. The third-order valence-corrected chi connectivity index (χ3v) is 13.9. The number of rotatable bonds is 53. The summed E-state index contributed by atoms with van der Waals surface area (Å²) in [6.45, 7) is 5.83. The predicted molar refractivity (Wildman–Crippen MR) is 321 cm³/mol. The number of hydrogen-bond acceptors (Lipinski definition) is 11. The monoisotopic (exact) mass is 1110 g/mol. The Kier molecular flexibility index (Phi) is 50.3. The lowest BCUT2D eigenvalue weighted by Gasteiger charge is -2.40. The standard InChI is InChI=1S/C67H112O12/c1-4-7-10-13-16-19-22-25-28-30-33-35-38-41-44-47-50-53-59(68)75-56-58(77-60(69)54-51-48-45-42-39-37-34-31-29-26-23-20-17-14-11-8-5-2)57-76-67-65(63(72)62(71)64(79-67)66(73)74)78-61(70)55-52-49-46-43-40-36-32-27-24-21-18-15-12-9-6-3/h9,12,16-21,25-29,32,58,62-65,67,71-72H,4-8,10-11,13-15,22-24,30-31,33-57H2,1-3H3,(H,73,74)/b12-9-,19-16-,20-17-,21-18-,28-25-,29-26-,32-27-. The van der Waals surface area contributed by atoms with Gasteiger partial charge in [-0.3, -0.25) is 14.4 Å². The van der Waals surface area contributed by atoms with Gasteiger partial charge < -0.3 is 39.0 Å². The third kappa shape index (κ3) is 44.3. The number of ether oxygens (including phenoxy) is 5. The second-order valence-electron chi connectivity index (χ2n) is 21.3. The Morgan fingerprint density at radius 3 is 1.22 bits per heavy atom. The lowest BCUT2D eigenvalue weighted by Crippen LogP contribution is -2.61. The zero-order valence-corrected chi connectivity index (χ0v) is 49.8. The fourth-order valence-electron chi connectivity index (χ4n) is 9.09. The van der Waals surface area contributed by atoms with Crippen molar-refractivity contribution < 1.29 is 58.2 Å². The highest BCUT2D eigenvalue weighted by Crippen LogP contribution is 2.26. The molecule has 1 saturated heterocycles. The number of aliphatic hydroxyl groups is 2. The molecule has 12 heteroatoms. The Morgan fingerprint density at radius 2 is 0.797 bits per heavy atom. The van der Waals surface area contributed by atoms with Crippen LogP contribution in [0.1, 0.15) is 265 Å². The number of aliphatic carboxylic acids is 1. The molecule has 0 spiro atoms. The second kappa shape index (κ2) is 54.5. The van der Waals surface area contributed by atoms with E-state index in [4.69, 9.17) is 23.7 Å². The van der Waals surface area contributed by atoms with Crippen LogP contribution in [0.5, 0.6) is 0 Å². The first kappa shape index (κ1) is 72.9. The van der Waals surface area contributed by atoms with Crippen molar-refractivity contribution in [1.29, 1.82) is 0 Å². The molecule has 3 N–H and O–H groups in total. The molecule has 0 bridgehead atoms. The summed E-state index contributed by atoms with van der Waals surface area (Å²) in [5, 5.41) is 31.5. The molecular formula is C67H112O12. The Labute approximate surface area is 480 Å². The maximum atomic E-state index is 13.2. The van der Waals surface area contributed by atoms with Crippen molar-refractivity contribution in [2.24, 2.45) is 0 Å². The summed E-state index contributed by atoms with van der Waals surface area (Å²) in [5.41, 5.74) is 0. The van der Waals surface area contributed by atoms with E-state index in [2.05, 4.69) is 106 Å². The highest BCUT2D eigenvalue weighted by atomic mass is 16.7. The van der Waals surface area contributed by atoms with Crippen molar-refractivity contribution in [1.82, 2.24) is 0 Å². The summed E-state index contributed by atoms with van der Waals surface area (Å²) in [5.74, 6) is -3.16. The summed E-state index contributed by atoms with van der Waals surface area (Å²) >= 11 is 0. The zero-order chi connectivity index (χ0) is 57.5. The van der Waals surface area contributed by atoms with Gasteiger partial charge in [-0.05, 0) is 116 Å². The van der Waals surface area contributed by atoms with Crippen molar-refractivity contribution in [3.63, 3.8) is 0 Å². The van der Waals surface area contributed by atoms with Gasteiger partial charge >= 0.3 is 23.9 Å². The van der Waals surface area contributed by atoms with Gasteiger partial charge in [-0.2, -0.15) is 0 Å². The van der Waals surface area contributed by atoms with Crippen molar-refractivity contribution in [2.45, 2.75) is 302 Å². The van der Waals surface area contributed by atoms with E-state index in [-0.39, 0.29) is 25.9 Å². The first-order valence-corrected chi connectivity index (χ1v) is 31.6. The van der Waals surface area contributed by atoms with Gasteiger partial charge in [-0.15, -0.1) is 0 Å². The van der Waals surface area contributed by atoms with Gasteiger partial charge in [-0.25, -0.2) is 4.79 Å². The first-order chi connectivity index (χ1) is 38.6. The molecule has 0 radical (unpaired) electrons. The van der Waals surface area contributed by atoms with E-state index in [9.17, 15) is 34.5 Å². The molecule has 1 aliphatic rings. The summed E-state index contributed by atoms with van der Waals surface area (Å²) in [6, 6.07) is 0. The van der Waals surface area contributed by atoms with Crippen molar-refractivity contribution in [2.75, 3.05) is 13.2 Å². The molecule has 452 valence electrons. The molecular weight excluding hydrogens is 997 g/mol. The zero-order valence-electron chi connectivity index (χ0n) is 49.8. The number of allylic oxidation sites excluding steroid dienone is 14. The van der Waals surface area contributed by atoms with Crippen LogP contribution >= 0.6 is 0 Å². The molecule has 6 unspecified atom stereocenters. The quantitative estimate of drug-likeness (QED) is 0.0228. The largest absolute Gasteiger partial charge is 0.479 e. The summed E-state index contributed by atoms with van der Waals surface area (Å²) in [6.07, 6.45) is 58.2. The molecule has 1 rings (SSSR count). The highest BCUT2D eigenvalue weighted by molar-refractivity contribution is 5.74. The minimum atomic E-state index is -1.91. The predicted octanol–water partition coefficient (Wildman–Crippen LogP) is 16.7.